The monoisotopic (exact) mass is 363 g/mol. The number of rotatable bonds is 2. The number of halogens is 1. The van der Waals surface area contributed by atoms with Crippen LogP contribution in [0.5, 0.6) is 0 Å². The standard InChI is InChI=1S/C17H10ClN7O/c18-12-3-1-11(2-4-12)13-8-22-25-15-5-6-24(23-9-20-21-10-23)17(26)14(15)7-19-16(13)25/h1-10H. The zero-order chi connectivity index (χ0) is 17.7. The van der Waals surface area contributed by atoms with Crippen LogP contribution < -0.4 is 5.56 Å². The van der Waals surface area contributed by atoms with Crippen molar-refractivity contribution < 1.29 is 0 Å². The van der Waals surface area contributed by atoms with Gasteiger partial charge in [-0.25, -0.2) is 18.9 Å². The molecule has 1 aromatic carbocycles. The van der Waals surface area contributed by atoms with E-state index in [0.29, 0.717) is 21.6 Å². The number of hydrogen-bond donors (Lipinski definition) is 0. The first-order valence-corrected chi connectivity index (χ1v) is 8.09. The van der Waals surface area contributed by atoms with Gasteiger partial charge in [0, 0.05) is 23.0 Å². The maximum absolute atomic E-state index is 12.8. The maximum Gasteiger partial charge on any atom is 0.280 e. The quantitative estimate of drug-likeness (QED) is 0.480. The van der Waals surface area contributed by atoms with Crippen molar-refractivity contribution in [1.29, 1.82) is 0 Å². The second-order valence-electron chi connectivity index (χ2n) is 5.67. The minimum Gasteiger partial charge on any atom is -0.267 e. The van der Waals surface area contributed by atoms with Crippen molar-refractivity contribution in [2.24, 2.45) is 0 Å². The van der Waals surface area contributed by atoms with E-state index in [0.717, 1.165) is 11.1 Å². The highest BCUT2D eigenvalue weighted by molar-refractivity contribution is 6.30. The van der Waals surface area contributed by atoms with Crippen LogP contribution in [0.25, 0.3) is 27.7 Å². The van der Waals surface area contributed by atoms with Crippen molar-refractivity contribution >= 4 is 28.2 Å². The van der Waals surface area contributed by atoms with Gasteiger partial charge in [-0.1, -0.05) is 23.7 Å². The Bertz CT molecular complexity index is 1300. The lowest BCUT2D eigenvalue weighted by Crippen LogP contribution is -2.25. The van der Waals surface area contributed by atoms with Gasteiger partial charge in [0.2, 0.25) is 0 Å². The van der Waals surface area contributed by atoms with E-state index in [1.54, 1.807) is 23.1 Å². The van der Waals surface area contributed by atoms with Crippen LogP contribution in [0.4, 0.5) is 0 Å². The highest BCUT2D eigenvalue weighted by Crippen LogP contribution is 2.26. The summed E-state index contributed by atoms with van der Waals surface area (Å²) in [6.45, 7) is 0. The Hall–Kier alpha value is -3.52. The van der Waals surface area contributed by atoms with Crippen molar-refractivity contribution in [2.75, 3.05) is 0 Å². The summed E-state index contributed by atoms with van der Waals surface area (Å²) in [6, 6.07) is 9.27. The number of pyridine rings is 1. The Labute approximate surface area is 150 Å². The van der Waals surface area contributed by atoms with E-state index in [1.165, 1.54) is 22.0 Å². The smallest absolute Gasteiger partial charge is 0.267 e. The molecule has 0 fully saturated rings. The molecule has 4 aromatic heterocycles. The topological polar surface area (TPSA) is 82.9 Å². The van der Waals surface area contributed by atoms with E-state index in [1.807, 2.05) is 30.3 Å². The first kappa shape index (κ1) is 14.8. The zero-order valence-corrected chi connectivity index (χ0v) is 13.9. The Morgan fingerprint density at radius 2 is 1.73 bits per heavy atom. The number of nitrogens with zero attached hydrogens (tertiary/aromatic N) is 7. The van der Waals surface area contributed by atoms with Crippen LogP contribution in [0.15, 0.2) is 66.4 Å². The van der Waals surface area contributed by atoms with Gasteiger partial charge in [0.05, 0.1) is 17.1 Å². The molecule has 8 nitrogen and oxygen atoms in total. The van der Waals surface area contributed by atoms with Gasteiger partial charge in [0.1, 0.15) is 12.7 Å². The van der Waals surface area contributed by atoms with Crippen LogP contribution in [0.2, 0.25) is 5.02 Å². The molecule has 0 amide bonds. The molecule has 0 saturated carbocycles. The van der Waals surface area contributed by atoms with Gasteiger partial charge in [0.25, 0.3) is 5.56 Å². The van der Waals surface area contributed by atoms with Crippen LogP contribution >= 0.6 is 11.6 Å². The molecule has 0 spiro atoms. The molecule has 0 bridgehead atoms. The van der Waals surface area contributed by atoms with E-state index in [2.05, 4.69) is 20.3 Å². The van der Waals surface area contributed by atoms with E-state index in [-0.39, 0.29) is 5.56 Å². The van der Waals surface area contributed by atoms with Gasteiger partial charge in [-0.15, -0.1) is 10.2 Å². The molecule has 0 radical (unpaired) electrons. The molecule has 0 aliphatic rings. The van der Waals surface area contributed by atoms with Crippen LogP contribution in [-0.4, -0.2) is 34.1 Å². The lowest BCUT2D eigenvalue weighted by atomic mass is 10.1. The average Bonchev–Trinajstić information content (AvgIpc) is 3.32. The summed E-state index contributed by atoms with van der Waals surface area (Å²) >= 11 is 5.96. The molecule has 0 aliphatic heterocycles. The molecule has 0 aliphatic carbocycles. The molecule has 0 atom stereocenters. The first-order chi connectivity index (χ1) is 12.7. The molecule has 4 heterocycles. The van der Waals surface area contributed by atoms with Crippen LogP contribution in [-0.2, 0) is 0 Å². The van der Waals surface area contributed by atoms with E-state index >= 15 is 0 Å². The fraction of sp³-hybridized carbons (Fsp3) is 0. The molecule has 5 aromatic rings. The fourth-order valence-corrected chi connectivity index (χ4v) is 3.05. The van der Waals surface area contributed by atoms with Crippen LogP contribution in [0.1, 0.15) is 0 Å². The minimum atomic E-state index is -0.236. The van der Waals surface area contributed by atoms with Gasteiger partial charge >= 0.3 is 0 Å². The van der Waals surface area contributed by atoms with Crippen LogP contribution in [0, 0.1) is 0 Å². The third-order valence-corrected chi connectivity index (χ3v) is 4.44. The van der Waals surface area contributed by atoms with Gasteiger partial charge < -0.3 is 0 Å². The molecule has 126 valence electrons. The number of hydrogen-bond acceptors (Lipinski definition) is 5. The number of aromatic nitrogens is 7. The van der Waals surface area contributed by atoms with E-state index in [4.69, 9.17) is 11.6 Å². The third kappa shape index (κ3) is 2.12. The molecular weight excluding hydrogens is 354 g/mol. The van der Waals surface area contributed by atoms with E-state index < -0.39 is 0 Å². The fourth-order valence-electron chi connectivity index (χ4n) is 2.93. The van der Waals surface area contributed by atoms with Crippen molar-refractivity contribution in [3.05, 3.63) is 77.0 Å². The van der Waals surface area contributed by atoms with Crippen LogP contribution in [0.3, 0.4) is 0 Å². The molecule has 9 heteroatoms. The Kier molecular flexibility index (Phi) is 3.13. The second-order valence-corrected chi connectivity index (χ2v) is 6.10. The molecule has 5 rings (SSSR count). The maximum atomic E-state index is 12.8. The van der Waals surface area contributed by atoms with Gasteiger partial charge in [-0.05, 0) is 23.8 Å². The lowest BCUT2D eigenvalue weighted by molar-refractivity contribution is 0.632. The zero-order valence-electron chi connectivity index (χ0n) is 13.2. The predicted octanol–water partition coefficient (Wildman–Crippen LogP) is 2.27. The summed E-state index contributed by atoms with van der Waals surface area (Å²) in [4.78, 5) is 17.2. The first-order valence-electron chi connectivity index (χ1n) is 7.72. The average molecular weight is 364 g/mol. The number of fused-ring (bicyclic) bond motifs is 3. The molecular formula is C17H10ClN7O. The number of benzene rings is 1. The third-order valence-electron chi connectivity index (χ3n) is 4.19. The van der Waals surface area contributed by atoms with Gasteiger partial charge in [-0.3, -0.25) is 4.79 Å². The Balaban J connectivity index is 1.75. The molecule has 0 saturated heterocycles. The summed E-state index contributed by atoms with van der Waals surface area (Å²) in [7, 11) is 0. The van der Waals surface area contributed by atoms with Crippen molar-refractivity contribution in [3.8, 4) is 11.1 Å². The largest absolute Gasteiger partial charge is 0.280 e. The molecule has 26 heavy (non-hydrogen) atoms. The molecule has 0 unspecified atom stereocenters. The lowest BCUT2D eigenvalue weighted by Gasteiger charge is -2.07. The Morgan fingerprint density at radius 1 is 0.962 bits per heavy atom. The van der Waals surface area contributed by atoms with Gasteiger partial charge in [-0.2, -0.15) is 5.10 Å². The normalized spacial score (nSPS) is 11.4. The van der Waals surface area contributed by atoms with Crippen molar-refractivity contribution in [1.82, 2.24) is 34.1 Å². The summed E-state index contributed by atoms with van der Waals surface area (Å²) < 4.78 is 4.56. The predicted molar refractivity (Wildman–Crippen MR) is 96.0 cm³/mol. The summed E-state index contributed by atoms with van der Waals surface area (Å²) in [5, 5.41) is 13.0. The molecule has 0 N–H and O–H groups in total. The highest BCUT2D eigenvalue weighted by Gasteiger charge is 2.13. The minimum absolute atomic E-state index is 0.236. The second kappa shape index (κ2) is 5.50. The Morgan fingerprint density at radius 3 is 2.50 bits per heavy atom. The van der Waals surface area contributed by atoms with Gasteiger partial charge in [0.15, 0.2) is 5.65 Å². The summed E-state index contributed by atoms with van der Waals surface area (Å²) in [6.07, 6.45) is 7.85. The summed E-state index contributed by atoms with van der Waals surface area (Å²) in [5.41, 5.74) is 2.92. The highest BCUT2D eigenvalue weighted by atomic mass is 35.5. The van der Waals surface area contributed by atoms with Crippen molar-refractivity contribution in [2.45, 2.75) is 0 Å². The van der Waals surface area contributed by atoms with E-state index in [9.17, 15) is 4.79 Å². The SMILES string of the molecule is O=c1c2cnc3c(-c4ccc(Cl)cc4)cnn3c2ccn1-n1cnnc1. The van der Waals surface area contributed by atoms with Crippen molar-refractivity contribution in [3.63, 3.8) is 0 Å². The summed E-state index contributed by atoms with van der Waals surface area (Å²) in [5.74, 6) is 0.